The van der Waals surface area contributed by atoms with Gasteiger partial charge in [-0.3, -0.25) is 0 Å². The van der Waals surface area contributed by atoms with E-state index in [0.717, 1.165) is 31.6 Å². The van der Waals surface area contributed by atoms with E-state index in [1.807, 2.05) is 0 Å². The van der Waals surface area contributed by atoms with Gasteiger partial charge in [-0.1, -0.05) is 0 Å². The highest BCUT2D eigenvalue weighted by Gasteiger charge is 2.18. The summed E-state index contributed by atoms with van der Waals surface area (Å²) < 4.78 is 0. The van der Waals surface area contributed by atoms with Crippen molar-refractivity contribution < 1.29 is 15.0 Å². The van der Waals surface area contributed by atoms with Crippen LogP contribution in [0, 0.1) is 0 Å². The van der Waals surface area contributed by atoms with Gasteiger partial charge in [0.25, 0.3) is 0 Å². The second kappa shape index (κ2) is 4.63. The number of hydrogen-bond acceptors (Lipinski definition) is 4. The normalized spacial score (nSPS) is 17.1. The summed E-state index contributed by atoms with van der Waals surface area (Å²) in [5, 5.41) is 18.3. The van der Waals surface area contributed by atoms with E-state index in [1.54, 1.807) is 12.1 Å². The largest absolute Gasteiger partial charge is 0.478 e. The average Bonchev–Trinajstić information content (AvgIpc) is 2.29. The zero-order chi connectivity index (χ0) is 12.4. The SMILES string of the molecule is Nc1cc(N2CCC(O)CC2)ccc1C(=O)O. The molecular weight excluding hydrogens is 220 g/mol. The van der Waals surface area contributed by atoms with Crippen LogP contribution in [0.3, 0.4) is 0 Å². The molecule has 1 aliphatic heterocycles. The second-order valence-electron chi connectivity index (χ2n) is 4.29. The minimum Gasteiger partial charge on any atom is -0.478 e. The first-order valence-corrected chi connectivity index (χ1v) is 5.64. The number of hydrogen-bond donors (Lipinski definition) is 3. The van der Waals surface area contributed by atoms with E-state index in [2.05, 4.69) is 4.90 Å². The topological polar surface area (TPSA) is 86.8 Å². The molecule has 1 aromatic rings. The van der Waals surface area contributed by atoms with Crippen LogP contribution in [-0.4, -0.2) is 35.4 Å². The Morgan fingerprint density at radius 1 is 1.35 bits per heavy atom. The molecule has 1 aromatic carbocycles. The molecule has 5 nitrogen and oxygen atoms in total. The van der Waals surface area contributed by atoms with Crippen molar-refractivity contribution in [3.8, 4) is 0 Å². The zero-order valence-electron chi connectivity index (χ0n) is 9.47. The van der Waals surface area contributed by atoms with Gasteiger partial charge >= 0.3 is 5.97 Å². The van der Waals surface area contributed by atoms with Crippen LogP contribution < -0.4 is 10.6 Å². The van der Waals surface area contributed by atoms with Gasteiger partial charge in [0.15, 0.2) is 0 Å². The Morgan fingerprint density at radius 2 is 2.00 bits per heavy atom. The van der Waals surface area contributed by atoms with Crippen LogP contribution in [0.1, 0.15) is 23.2 Å². The molecule has 0 aliphatic carbocycles. The van der Waals surface area contributed by atoms with Crippen LogP contribution in [-0.2, 0) is 0 Å². The van der Waals surface area contributed by atoms with Gasteiger partial charge in [0.2, 0.25) is 0 Å². The number of aromatic carboxylic acids is 1. The van der Waals surface area contributed by atoms with Gasteiger partial charge < -0.3 is 20.8 Å². The molecule has 0 aromatic heterocycles. The Balaban J connectivity index is 2.17. The molecule has 1 fully saturated rings. The molecule has 1 aliphatic rings. The summed E-state index contributed by atoms with van der Waals surface area (Å²) in [6.07, 6.45) is 1.25. The first-order valence-electron chi connectivity index (χ1n) is 5.64. The van der Waals surface area contributed by atoms with Crippen LogP contribution in [0.15, 0.2) is 18.2 Å². The molecule has 2 rings (SSSR count). The summed E-state index contributed by atoms with van der Waals surface area (Å²) in [6, 6.07) is 4.97. The van der Waals surface area contributed by atoms with Crippen molar-refractivity contribution in [3.05, 3.63) is 23.8 Å². The van der Waals surface area contributed by atoms with E-state index >= 15 is 0 Å². The molecule has 4 N–H and O–H groups in total. The van der Waals surface area contributed by atoms with Gasteiger partial charge in [-0.2, -0.15) is 0 Å². The first kappa shape index (κ1) is 11.7. The maximum Gasteiger partial charge on any atom is 0.337 e. The monoisotopic (exact) mass is 236 g/mol. The smallest absolute Gasteiger partial charge is 0.337 e. The minimum absolute atomic E-state index is 0.130. The van der Waals surface area contributed by atoms with Gasteiger partial charge in [0.05, 0.1) is 11.7 Å². The van der Waals surface area contributed by atoms with Gasteiger partial charge in [0, 0.05) is 24.5 Å². The van der Waals surface area contributed by atoms with Crippen LogP contribution in [0.2, 0.25) is 0 Å². The first-order chi connectivity index (χ1) is 8.08. The summed E-state index contributed by atoms with van der Waals surface area (Å²) in [5.41, 5.74) is 7.02. The van der Waals surface area contributed by atoms with Gasteiger partial charge in [-0.15, -0.1) is 0 Å². The minimum atomic E-state index is -1.01. The number of carbonyl (C=O) groups is 1. The summed E-state index contributed by atoms with van der Waals surface area (Å²) in [5.74, 6) is -1.01. The number of nitrogens with two attached hydrogens (primary N) is 1. The standard InChI is InChI=1S/C12H16N2O3/c13-11-7-8(1-2-10(11)12(16)17)14-5-3-9(15)4-6-14/h1-2,7,9,15H,3-6,13H2,(H,16,17). The number of aliphatic hydroxyl groups is 1. The van der Waals surface area contributed by atoms with E-state index < -0.39 is 5.97 Å². The third-order valence-electron chi connectivity index (χ3n) is 3.10. The van der Waals surface area contributed by atoms with Crippen molar-refractivity contribution in [1.82, 2.24) is 0 Å². The van der Waals surface area contributed by atoms with Crippen LogP contribution in [0.25, 0.3) is 0 Å². The third-order valence-corrected chi connectivity index (χ3v) is 3.10. The van der Waals surface area contributed by atoms with Crippen molar-refractivity contribution in [1.29, 1.82) is 0 Å². The van der Waals surface area contributed by atoms with E-state index in [1.165, 1.54) is 6.07 Å². The molecule has 92 valence electrons. The molecule has 17 heavy (non-hydrogen) atoms. The molecule has 1 heterocycles. The van der Waals surface area contributed by atoms with Gasteiger partial charge in [-0.25, -0.2) is 4.79 Å². The number of nitrogen functional groups attached to an aromatic ring is 1. The fraction of sp³-hybridized carbons (Fsp3) is 0.417. The fourth-order valence-corrected chi connectivity index (χ4v) is 2.07. The van der Waals surface area contributed by atoms with Crippen molar-refractivity contribution >= 4 is 17.3 Å². The summed E-state index contributed by atoms with van der Waals surface area (Å²) in [7, 11) is 0. The Morgan fingerprint density at radius 3 is 2.53 bits per heavy atom. The Hall–Kier alpha value is -1.75. The summed E-state index contributed by atoms with van der Waals surface area (Å²) in [6.45, 7) is 1.54. The third kappa shape index (κ3) is 2.50. The summed E-state index contributed by atoms with van der Waals surface area (Å²) in [4.78, 5) is 12.9. The van der Waals surface area contributed by atoms with Gasteiger partial charge in [0.1, 0.15) is 0 Å². The number of carboxylic acids is 1. The number of carboxylic acid groups (broad SMARTS) is 1. The summed E-state index contributed by atoms with van der Waals surface area (Å²) >= 11 is 0. The molecular formula is C12H16N2O3. The fourth-order valence-electron chi connectivity index (χ4n) is 2.07. The highest BCUT2D eigenvalue weighted by molar-refractivity contribution is 5.94. The highest BCUT2D eigenvalue weighted by atomic mass is 16.4. The van der Waals surface area contributed by atoms with Crippen LogP contribution >= 0.6 is 0 Å². The van der Waals surface area contributed by atoms with Gasteiger partial charge in [-0.05, 0) is 31.0 Å². The molecule has 0 bridgehead atoms. The number of nitrogens with zero attached hydrogens (tertiary/aromatic N) is 1. The molecule has 0 saturated carbocycles. The molecule has 0 spiro atoms. The molecule has 1 saturated heterocycles. The Kier molecular flexibility index (Phi) is 3.19. The molecule has 0 radical (unpaired) electrons. The van der Waals surface area contributed by atoms with Crippen molar-refractivity contribution in [3.63, 3.8) is 0 Å². The quantitative estimate of drug-likeness (QED) is 0.665. The lowest BCUT2D eigenvalue weighted by molar-refractivity contribution is 0.0698. The Bertz CT molecular complexity index is 426. The maximum absolute atomic E-state index is 10.8. The molecule has 0 amide bonds. The number of piperidine rings is 1. The highest BCUT2D eigenvalue weighted by Crippen LogP contribution is 2.24. The van der Waals surface area contributed by atoms with E-state index in [-0.39, 0.29) is 17.4 Å². The van der Waals surface area contributed by atoms with E-state index in [0.29, 0.717) is 0 Å². The maximum atomic E-state index is 10.8. The number of benzene rings is 1. The zero-order valence-corrected chi connectivity index (χ0v) is 9.47. The van der Waals surface area contributed by atoms with Crippen molar-refractivity contribution in [2.24, 2.45) is 0 Å². The second-order valence-corrected chi connectivity index (χ2v) is 4.29. The Labute approximate surface area is 99.5 Å². The average molecular weight is 236 g/mol. The van der Waals surface area contributed by atoms with Crippen LogP contribution in [0.4, 0.5) is 11.4 Å². The number of anilines is 2. The predicted molar refractivity (Wildman–Crippen MR) is 65.3 cm³/mol. The van der Waals surface area contributed by atoms with Crippen molar-refractivity contribution in [2.75, 3.05) is 23.7 Å². The molecule has 5 heteroatoms. The lowest BCUT2D eigenvalue weighted by Gasteiger charge is -2.31. The predicted octanol–water partition coefficient (Wildman–Crippen LogP) is 0.928. The van der Waals surface area contributed by atoms with E-state index in [9.17, 15) is 9.90 Å². The molecule has 0 atom stereocenters. The number of rotatable bonds is 2. The van der Waals surface area contributed by atoms with Crippen LogP contribution in [0.5, 0.6) is 0 Å². The lowest BCUT2D eigenvalue weighted by Crippen LogP contribution is -2.35. The van der Waals surface area contributed by atoms with Crippen molar-refractivity contribution in [2.45, 2.75) is 18.9 Å². The lowest BCUT2D eigenvalue weighted by atomic mass is 10.1. The number of aliphatic hydroxyl groups excluding tert-OH is 1. The molecule has 0 unspecified atom stereocenters. The van der Waals surface area contributed by atoms with E-state index in [4.69, 9.17) is 10.8 Å².